The van der Waals surface area contributed by atoms with Gasteiger partial charge >= 0.3 is 0 Å². The number of nitrogens with zero attached hydrogens (tertiary/aromatic N) is 3. The lowest BCUT2D eigenvalue weighted by atomic mass is 10.1. The van der Waals surface area contributed by atoms with Gasteiger partial charge in [-0.1, -0.05) is 24.3 Å². The van der Waals surface area contributed by atoms with E-state index in [9.17, 15) is 4.79 Å². The Bertz CT molecular complexity index is 931. The molecule has 0 amide bonds. The molecule has 1 aliphatic heterocycles. The molecule has 0 spiro atoms. The van der Waals surface area contributed by atoms with Gasteiger partial charge < -0.3 is 15.4 Å². The Morgan fingerprint density at radius 2 is 1.74 bits per heavy atom. The summed E-state index contributed by atoms with van der Waals surface area (Å²) in [6, 6.07) is 9.75. The number of H-pyrrole nitrogens is 1. The summed E-state index contributed by atoms with van der Waals surface area (Å²) in [6.45, 7) is 5.63. The topological polar surface area (TPSA) is 93.4 Å². The Kier molecular flexibility index (Phi) is 6.57. The molecule has 27 heavy (non-hydrogen) atoms. The standard InChI is InChI=1S/C20H22N4O.ClH.H2O/c1-13(25)15-6-8-16(9-7-15)17-12-18-19(23-17)20(22-14(2)21-18)24-10-4-3-5-11-24;;/h6-9,12,23H,3-5,10-11H2,1-2H3;1H;1H2. The largest absolute Gasteiger partial charge is 0.412 e. The maximum Gasteiger partial charge on any atom is 0.159 e. The molecular formula is C20H25ClN4O2. The Morgan fingerprint density at radius 1 is 1.07 bits per heavy atom. The van der Waals surface area contributed by atoms with E-state index >= 15 is 0 Å². The molecule has 0 bridgehead atoms. The number of nitrogens with one attached hydrogen (secondary N) is 1. The molecule has 3 heterocycles. The highest BCUT2D eigenvalue weighted by Gasteiger charge is 2.18. The number of carbonyl (C=O) groups excluding carboxylic acids is 1. The Labute approximate surface area is 164 Å². The van der Waals surface area contributed by atoms with E-state index in [4.69, 9.17) is 4.98 Å². The zero-order chi connectivity index (χ0) is 17.4. The first-order chi connectivity index (χ1) is 12.1. The lowest BCUT2D eigenvalue weighted by Gasteiger charge is -2.28. The van der Waals surface area contributed by atoms with Crippen LogP contribution < -0.4 is 4.90 Å². The molecule has 0 saturated carbocycles. The number of halogens is 1. The molecule has 1 aromatic carbocycles. The average molecular weight is 389 g/mol. The van der Waals surface area contributed by atoms with Gasteiger partial charge in [0.05, 0.1) is 5.52 Å². The van der Waals surface area contributed by atoms with Gasteiger partial charge in [0.2, 0.25) is 0 Å². The number of aryl methyl sites for hydroxylation is 1. The van der Waals surface area contributed by atoms with Crippen LogP contribution >= 0.6 is 12.4 Å². The number of hydrogen-bond acceptors (Lipinski definition) is 4. The summed E-state index contributed by atoms with van der Waals surface area (Å²) in [5.41, 5.74) is 4.72. The molecule has 7 heteroatoms. The van der Waals surface area contributed by atoms with Crippen LogP contribution in [-0.4, -0.2) is 39.3 Å². The first-order valence-electron chi connectivity index (χ1n) is 8.85. The van der Waals surface area contributed by atoms with Crippen LogP contribution in [0.3, 0.4) is 0 Å². The molecule has 1 aliphatic rings. The number of hydrogen-bond donors (Lipinski definition) is 1. The molecule has 2 aromatic heterocycles. The monoisotopic (exact) mass is 388 g/mol. The lowest BCUT2D eigenvalue weighted by Crippen LogP contribution is -2.30. The molecule has 6 nitrogen and oxygen atoms in total. The first kappa shape index (κ1) is 20.9. The zero-order valence-electron chi connectivity index (χ0n) is 15.6. The van der Waals surface area contributed by atoms with Crippen LogP contribution in [0.25, 0.3) is 22.3 Å². The summed E-state index contributed by atoms with van der Waals surface area (Å²) >= 11 is 0. The Balaban J connectivity index is 0.00000131. The van der Waals surface area contributed by atoms with Gasteiger partial charge in [0.25, 0.3) is 0 Å². The van der Waals surface area contributed by atoms with Crippen molar-refractivity contribution in [3.8, 4) is 11.3 Å². The zero-order valence-corrected chi connectivity index (χ0v) is 16.4. The van der Waals surface area contributed by atoms with E-state index in [0.29, 0.717) is 0 Å². The second-order valence-corrected chi connectivity index (χ2v) is 6.72. The highest BCUT2D eigenvalue weighted by atomic mass is 35.5. The summed E-state index contributed by atoms with van der Waals surface area (Å²) in [5, 5.41) is 0. The summed E-state index contributed by atoms with van der Waals surface area (Å²) in [6.07, 6.45) is 3.72. The van der Waals surface area contributed by atoms with Crippen molar-refractivity contribution in [1.29, 1.82) is 0 Å². The normalized spacial score (nSPS) is 13.8. The molecule has 3 N–H and O–H groups in total. The van der Waals surface area contributed by atoms with Crippen molar-refractivity contribution >= 4 is 35.0 Å². The van der Waals surface area contributed by atoms with Crippen LogP contribution in [0, 0.1) is 6.92 Å². The maximum atomic E-state index is 11.5. The summed E-state index contributed by atoms with van der Waals surface area (Å²) < 4.78 is 0. The molecule has 0 aliphatic carbocycles. The van der Waals surface area contributed by atoms with Crippen molar-refractivity contribution < 1.29 is 10.3 Å². The molecule has 3 aromatic rings. The fourth-order valence-electron chi connectivity index (χ4n) is 3.49. The van der Waals surface area contributed by atoms with Gasteiger partial charge in [-0.15, -0.1) is 12.4 Å². The maximum absolute atomic E-state index is 11.5. The van der Waals surface area contributed by atoms with Gasteiger partial charge in [-0.05, 0) is 44.7 Å². The number of carbonyl (C=O) groups is 1. The number of aromatic nitrogens is 3. The van der Waals surface area contributed by atoms with Crippen LogP contribution in [0.15, 0.2) is 30.3 Å². The van der Waals surface area contributed by atoms with Gasteiger partial charge in [0.15, 0.2) is 11.6 Å². The summed E-state index contributed by atoms with van der Waals surface area (Å²) in [4.78, 5) is 26.6. The van der Waals surface area contributed by atoms with Crippen molar-refractivity contribution in [3.63, 3.8) is 0 Å². The number of benzene rings is 1. The van der Waals surface area contributed by atoms with Gasteiger partial charge in [-0.25, -0.2) is 9.97 Å². The SMILES string of the molecule is CC(=O)c1ccc(-c2cc3nc(C)nc(N4CCCCC4)c3[nH]2)cc1.Cl.O. The van der Waals surface area contributed by atoms with E-state index in [-0.39, 0.29) is 23.7 Å². The minimum absolute atomic E-state index is 0. The minimum atomic E-state index is 0. The fraction of sp³-hybridized carbons (Fsp3) is 0.350. The molecule has 4 rings (SSSR count). The molecule has 1 saturated heterocycles. The van der Waals surface area contributed by atoms with Gasteiger partial charge in [0, 0.05) is 24.3 Å². The van der Waals surface area contributed by atoms with Crippen molar-refractivity contribution in [1.82, 2.24) is 15.0 Å². The second kappa shape index (κ2) is 8.50. The molecular weight excluding hydrogens is 364 g/mol. The number of aromatic amines is 1. The molecule has 1 fully saturated rings. The number of rotatable bonds is 3. The van der Waals surface area contributed by atoms with Crippen molar-refractivity contribution in [3.05, 3.63) is 41.7 Å². The third-order valence-electron chi connectivity index (χ3n) is 4.83. The van der Waals surface area contributed by atoms with Crippen LogP contribution in [0.5, 0.6) is 0 Å². The van der Waals surface area contributed by atoms with Crippen LogP contribution in [-0.2, 0) is 0 Å². The third-order valence-corrected chi connectivity index (χ3v) is 4.83. The van der Waals surface area contributed by atoms with Crippen molar-refractivity contribution in [2.24, 2.45) is 0 Å². The highest BCUT2D eigenvalue weighted by Crippen LogP contribution is 2.30. The molecule has 0 atom stereocenters. The smallest absolute Gasteiger partial charge is 0.159 e. The van der Waals surface area contributed by atoms with Crippen molar-refractivity contribution in [2.75, 3.05) is 18.0 Å². The molecule has 0 unspecified atom stereocenters. The van der Waals surface area contributed by atoms with E-state index in [2.05, 4.69) is 20.9 Å². The number of anilines is 1. The Hall–Kier alpha value is -2.44. The lowest BCUT2D eigenvalue weighted by molar-refractivity contribution is 0.101. The van der Waals surface area contributed by atoms with E-state index in [1.165, 1.54) is 19.3 Å². The minimum Gasteiger partial charge on any atom is -0.412 e. The third kappa shape index (κ3) is 4.12. The van der Waals surface area contributed by atoms with E-state index in [1.807, 2.05) is 31.2 Å². The van der Waals surface area contributed by atoms with Gasteiger partial charge in [-0.3, -0.25) is 4.79 Å². The molecule has 0 radical (unpaired) electrons. The van der Waals surface area contributed by atoms with Gasteiger partial charge in [0.1, 0.15) is 11.3 Å². The van der Waals surface area contributed by atoms with E-state index in [1.54, 1.807) is 6.92 Å². The summed E-state index contributed by atoms with van der Waals surface area (Å²) in [5.74, 6) is 1.89. The summed E-state index contributed by atoms with van der Waals surface area (Å²) in [7, 11) is 0. The first-order valence-corrected chi connectivity index (χ1v) is 8.85. The number of fused-ring (bicyclic) bond motifs is 1. The van der Waals surface area contributed by atoms with Crippen LogP contribution in [0.1, 0.15) is 42.4 Å². The van der Waals surface area contributed by atoms with Gasteiger partial charge in [-0.2, -0.15) is 0 Å². The average Bonchev–Trinajstić information content (AvgIpc) is 3.05. The second-order valence-electron chi connectivity index (χ2n) is 6.72. The predicted molar refractivity (Wildman–Crippen MR) is 111 cm³/mol. The fourth-order valence-corrected chi connectivity index (χ4v) is 3.49. The van der Waals surface area contributed by atoms with E-state index in [0.717, 1.165) is 52.6 Å². The van der Waals surface area contributed by atoms with Crippen molar-refractivity contribution in [2.45, 2.75) is 33.1 Å². The number of Topliss-reactive ketones (excluding diaryl/α,β-unsaturated/α-hetero) is 1. The number of piperidine rings is 1. The quantitative estimate of drug-likeness (QED) is 0.692. The predicted octanol–water partition coefficient (Wildman–Crippen LogP) is 3.72. The van der Waals surface area contributed by atoms with Crippen LogP contribution in [0.4, 0.5) is 5.82 Å². The highest BCUT2D eigenvalue weighted by molar-refractivity contribution is 5.95. The number of ketones is 1. The Morgan fingerprint density at radius 3 is 2.37 bits per heavy atom. The van der Waals surface area contributed by atoms with E-state index < -0.39 is 0 Å². The van der Waals surface area contributed by atoms with Crippen LogP contribution in [0.2, 0.25) is 0 Å². The molecule has 144 valence electrons.